The number of anilines is 1. The van der Waals surface area contributed by atoms with Crippen molar-refractivity contribution in [1.29, 1.82) is 0 Å². The molecule has 0 saturated carbocycles. The molecule has 108 valence electrons. The van der Waals surface area contributed by atoms with Crippen molar-refractivity contribution in [2.75, 3.05) is 11.9 Å². The normalized spacial score (nSPS) is 11.8. The fourth-order valence-corrected chi connectivity index (χ4v) is 2.40. The van der Waals surface area contributed by atoms with Crippen LogP contribution in [0.25, 0.3) is 5.65 Å². The fraction of sp³-hybridized carbons (Fsp3) is 0.294. The zero-order chi connectivity index (χ0) is 14.9. The summed E-state index contributed by atoms with van der Waals surface area (Å²) in [7, 11) is 0. The Labute approximate surface area is 124 Å². The Morgan fingerprint density at radius 1 is 1.05 bits per heavy atom. The molecule has 4 nitrogen and oxygen atoms in total. The van der Waals surface area contributed by atoms with Crippen LogP contribution in [0.2, 0.25) is 0 Å². The highest BCUT2D eigenvalue weighted by Crippen LogP contribution is 2.23. The summed E-state index contributed by atoms with van der Waals surface area (Å²) in [6.07, 6.45) is 0. The van der Waals surface area contributed by atoms with E-state index < -0.39 is 0 Å². The van der Waals surface area contributed by atoms with Crippen molar-refractivity contribution in [3.63, 3.8) is 0 Å². The van der Waals surface area contributed by atoms with E-state index in [4.69, 9.17) is 0 Å². The molecule has 0 aliphatic carbocycles. The van der Waals surface area contributed by atoms with Gasteiger partial charge in [-0.3, -0.25) is 0 Å². The number of hydrogen-bond donors (Lipinski definition) is 1. The van der Waals surface area contributed by atoms with Crippen LogP contribution in [-0.2, 0) is 5.41 Å². The highest BCUT2D eigenvalue weighted by Gasteiger charge is 2.20. The maximum absolute atomic E-state index is 4.51. The summed E-state index contributed by atoms with van der Waals surface area (Å²) in [5, 5.41) is 7.86. The van der Waals surface area contributed by atoms with Gasteiger partial charge in [0.1, 0.15) is 0 Å². The zero-order valence-corrected chi connectivity index (χ0v) is 12.7. The monoisotopic (exact) mass is 280 g/mol. The minimum Gasteiger partial charge on any atom is -0.352 e. The van der Waals surface area contributed by atoms with Crippen LogP contribution in [-0.4, -0.2) is 21.1 Å². The van der Waals surface area contributed by atoms with Crippen molar-refractivity contribution < 1.29 is 0 Å². The zero-order valence-electron chi connectivity index (χ0n) is 12.7. The second kappa shape index (κ2) is 5.20. The molecule has 2 aromatic heterocycles. The molecule has 0 amide bonds. The van der Waals surface area contributed by atoms with Crippen LogP contribution in [0.4, 0.5) is 5.95 Å². The van der Waals surface area contributed by atoms with E-state index in [1.807, 2.05) is 35.7 Å². The van der Waals surface area contributed by atoms with E-state index in [0.717, 1.165) is 17.9 Å². The largest absolute Gasteiger partial charge is 0.352 e. The number of fused-ring (bicyclic) bond motifs is 1. The van der Waals surface area contributed by atoms with Gasteiger partial charge in [-0.25, -0.2) is 4.52 Å². The molecule has 3 aromatic rings. The highest BCUT2D eigenvalue weighted by atomic mass is 15.3. The first-order valence-electron chi connectivity index (χ1n) is 7.18. The number of aryl methyl sites for hydroxylation is 1. The minimum absolute atomic E-state index is 0.0216. The van der Waals surface area contributed by atoms with Crippen molar-refractivity contribution in [2.24, 2.45) is 0 Å². The molecule has 0 bridgehead atoms. The molecule has 1 N–H and O–H groups in total. The summed E-state index contributed by atoms with van der Waals surface area (Å²) < 4.78 is 1.86. The Kier molecular flexibility index (Phi) is 3.37. The molecule has 0 fully saturated rings. The second-order valence-electron chi connectivity index (χ2n) is 5.98. The van der Waals surface area contributed by atoms with Gasteiger partial charge in [0.2, 0.25) is 5.95 Å². The first-order valence-corrected chi connectivity index (χ1v) is 7.18. The number of pyridine rings is 1. The predicted molar refractivity (Wildman–Crippen MR) is 85.7 cm³/mol. The summed E-state index contributed by atoms with van der Waals surface area (Å²) in [6.45, 7) is 7.25. The van der Waals surface area contributed by atoms with Crippen LogP contribution in [0.3, 0.4) is 0 Å². The molecule has 0 radical (unpaired) electrons. The Hall–Kier alpha value is -2.36. The number of nitrogens with one attached hydrogen (secondary N) is 1. The van der Waals surface area contributed by atoms with Crippen LogP contribution in [0.1, 0.15) is 25.1 Å². The third-order valence-corrected chi connectivity index (χ3v) is 3.79. The lowest BCUT2D eigenvalue weighted by atomic mass is 9.85. The molecule has 0 unspecified atom stereocenters. The standard InChI is InChI=1S/C17H20N4/c1-13-8-7-11-15-19-16(20-21(13)15)18-12-17(2,3)14-9-5-4-6-10-14/h4-11H,12H2,1-3H3,(H,18,20). The first kappa shape index (κ1) is 13.6. The fourth-order valence-electron chi connectivity index (χ4n) is 2.40. The Balaban J connectivity index is 1.78. The lowest BCUT2D eigenvalue weighted by molar-refractivity contribution is 0.555. The summed E-state index contributed by atoms with van der Waals surface area (Å²) in [6, 6.07) is 16.5. The van der Waals surface area contributed by atoms with Gasteiger partial charge in [0, 0.05) is 17.7 Å². The van der Waals surface area contributed by atoms with E-state index in [2.05, 4.69) is 53.5 Å². The molecule has 4 heteroatoms. The molecule has 0 saturated heterocycles. The van der Waals surface area contributed by atoms with Gasteiger partial charge in [-0.15, -0.1) is 5.10 Å². The molecule has 2 heterocycles. The van der Waals surface area contributed by atoms with E-state index in [9.17, 15) is 0 Å². The molecule has 21 heavy (non-hydrogen) atoms. The highest BCUT2D eigenvalue weighted by molar-refractivity contribution is 5.44. The minimum atomic E-state index is 0.0216. The van der Waals surface area contributed by atoms with Crippen LogP contribution in [0.5, 0.6) is 0 Å². The van der Waals surface area contributed by atoms with E-state index in [1.54, 1.807) is 0 Å². The van der Waals surface area contributed by atoms with Crippen molar-refractivity contribution in [2.45, 2.75) is 26.2 Å². The number of aromatic nitrogens is 3. The molecule has 0 aliphatic heterocycles. The number of nitrogens with zero attached hydrogens (tertiary/aromatic N) is 3. The van der Waals surface area contributed by atoms with Gasteiger partial charge in [0.15, 0.2) is 5.65 Å². The quantitative estimate of drug-likeness (QED) is 0.796. The third-order valence-electron chi connectivity index (χ3n) is 3.79. The predicted octanol–water partition coefficient (Wildman–Crippen LogP) is 3.43. The topological polar surface area (TPSA) is 42.2 Å². The molecule has 0 aliphatic rings. The number of rotatable bonds is 4. The Morgan fingerprint density at radius 2 is 1.81 bits per heavy atom. The van der Waals surface area contributed by atoms with Crippen LogP contribution in [0.15, 0.2) is 48.5 Å². The molecule has 3 rings (SSSR count). The average Bonchev–Trinajstić information content (AvgIpc) is 2.91. The van der Waals surface area contributed by atoms with Gasteiger partial charge < -0.3 is 5.32 Å². The van der Waals surface area contributed by atoms with Gasteiger partial charge in [0.05, 0.1) is 0 Å². The average molecular weight is 280 g/mol. The number of benzene rings is 1. The van der Waals surface area contributed by atoms with Crippen molar-refractivity contribution in [3.8, 4) is 0 Å². The molecular formula is C17H20N4. The van der Waals surface area contributed by atoms with E-state index in [-0.39, 0.29) is 5.41 Å². The van der Waals surface area contributed by atoms with Gasteiger partial charge in [-0.2, -0.15) is 4.98 Å². The van der Waals surface area contributed by atoms with Crippen LogP contribution < -0.4 is 5.32 Å². The Bertz CT molecular complexity index is 744. The van der Waals surface area contributed by atoms with Gasteiger partial charge in [0.25, 0.3) is 0 Å². The molecule has 0 spiro atoms. The maximum atomic E-state index is 4.51. The Morgan fingerprint density at radius 3 is 2.52 bits per heavy atom. The van der Waals surface area contributed by atoms with Gasteiger partial charge in [-0.1, -0.05) is 50.2 Å². The third kappa shape index (κ3) is 2.75. The number of hydrogen-bond acceptors (Lipinski definition) is 3. The van der Waals surface area contributed by atoms with Gasteiger partial charge >= 0.3 is 0 Å². The van der Waals surface area contributed by atoms with E-state index in [0.29, 0.717) is 5.95 Å². The summed E-state index contributed by atoms with van der Waals surface area (Å²) in [5.41, 5.74) is 3.27. The van der Waals surface area contributed by atoms with Gasteiger partial charge in [-0.05, 0) is 24.6 Å². The summed E-state index contributed by atoms with van der Waals surface area (Å²) in [4.78, 5) is 4.51. The second-order valence-corrected chi connectivity index (χ2v) is 5.98. The van der Waals surface area contributed by atoms with Crippen LogP contribution in [0, 0.1) is 6.92 Å². The molecular weight excluding hydrogens is 260 g/mol. The molecule has 1 aromatic carbocycles. The smallest absolute Gasteiger partial charge is 0.243 e. The van der Waals surface area contributed by atoms with E-state index in [1.165, 1.54) is 5.56 Å². The van der Waals surface area contributed by atoms with Crippen molar-refractivity contribution >= 4 is 11.6 Å². The summed E-state index contributed by atoms with van der Waals surface area (Å²) >= 11 is 0. The first-order chi connectivity index (χ1) is 10.1. The summed E-state index contributed by atoms with van der Waals surface area (Å²) in [5.74, 6) is 0.674. The maximum Gasteiger partial charge on any atom is 0.243 e. The van der Waals surface area contributed by atoms with E-state index >= 15 is 0 Å². The lowest BCUT2D eigenvalue weighted by Gasteiger charge is -2.25. The lowest BCUT2D eigenvalue weighted by Crippen LogP contribution is -2.27. The van der Waals surface area contributed by atoms with Crippen molar-refractivity contribution in [3.05, 3.63) is 59.8 Å². The SMILES string of the molecule is Cc1cccc2nc(NCC(C)(C)c3ccccc3)nn12. The van der Waals surface area contributed by atoms with Crippen LogP contribution >= 0.6 is 0 Å². The van der Waals surface area contributed by atoms with Crippen molar-refractivity contribution in [1.82, 2.24) is 14.6 Å². The molecule has 0 atom stereocenters.